The van der Waals surface area contributed by atoms with E-state index in [4.69, 9.17) is 10.6 Å². The first-order chi connectivity index (χ1) is 12.3. The SMILES string of the molecule is COC(=O)Oc1ccc(CNN)cc1.CS(=O)(=O)OCc1ccccc1. The second kappa shape index (κ2) is 11.2. The predicted octanol–water partition coefficient (Wildman–Crippen LogP) is 1.96. The number of carbonyl (C=O) groups excluding carboxylic acids is 1. The number of hydrazine groups is 1. The molecule has 0 aromatic heterocycles. The van der Waals surface area contributed by atoms with Crippen molar-refractivity contribution in [1.29, 1.82) is 0 Å². The number of carbonyl (C=O) groups is 1. The van der Waals surface area contributed by atoms with Crippen molar-refractivity contribution in [1.82, 2.24) is 5.43 Å². The Morgan fingerprint density at radius 1 is 1.04 bits per heavy atom. The maximum Gasteiger partial charge on any atom is 0.513 e. The van der Waals surface area contributed by atoms with Gasteiger partial charge in [0.1, 0.15) is 5.75 Å². The van der Waals surface area contributed by atoms with Crippen molar-refractivity contribution >= 4 is 16.3 Å². The van der Waals surface area contributed by atoms with E-state index in [1.807, 2.05) is 30.3 Å². The summed E-state index contributed by atoms with van der Waals surface area (Å²) in [6, 6.07) is 16.1. The molecule has 0 atom stereocenters. The van der Waals surface area contributed by atoms with Gasteiger partial charge in [-0.15, -0.1) is 0 Å². The van der Waals surface area contributed by atoms with Gasteiger partial charge in [-0.25, -0.2) is 4.79 Å². The van der Waals surface area contributed by atoms with Gasteiger partial charge in [0.2, 0.25) is 0 Å². The van der Waals surface area contributed by atoms with Crippen LogP contribution in [-0.4, -0.2) is 27.9 Å². The van der Waals surface area contributed by atoms with Crippen LogP contribution in [0.3, 0.4) is 0 Å². The number of hydrogen-bond acceptors (Lipinski definition) is 8. The van der Waals surface area contributed by atoms with Crippen LogP contribution in [0, 0.1) is 0 Å². The average Bonchev–Trinajstić information content (AvgIpc) is 2.63. The van der Waals surface area contributed by atoms with Crippen molar-refractivity contribution in [2.45, 2.75) is 13.2 Å². The van der Waals surface area contributed by atoms with Crippen molar-refractivity contribution in [2.24, 2.45) is 5.84 Å². The van der Waals surface area contributed by atoms with Crippen LogP contribution in [0.1, 0.15) is 11.1 Å². The molecule has 0 saturated carbocycles. The molecule has 0 spiro atoms. The van der Waals surface area contributed by atoms with Crippen molar-refractivity contribution in [3.05, 3.63) is 65.7 Å². The summed E-state index contributed by atoms with van der Waals surface area (Å²) in [4.78, 5) is 10.7. The Morgan fingerprint density at radius 2 is 1.65 bits per heavy atom. The Balaban J connectivity index is 0.000000263. The lowest BCUT2D eigenvalue weighted by Gasteiger charge is -2.03. The quantitative estimate of drug-likeness (QED) is 0.256. The molecule has 2 aromatic carbocycles. The Labute approximate surface area is 153 Å². The molecule has 26 heavy (non-hydrogen) atoms. The molecule has 2 aromatic rings. The van der Waals surface area contributed by atoms with E-state index >= 15 is 0 Å². The lowest BCUT2D eigenvalue weighted by Crippen LogP contribution is -2.20. The van der Waals surface area contributed by atoms with Crippen molar-refractivity contribution in [3.63, 3.8) is 0 Å². The standard InChI is InChI=1S/C9H12N2O3.C8H10O3S/c1-13-9(12)14-8-4-2-7(3-5-8)6-11-10;1-12(9,10)11-7-8-5-3-2-4-6-8/h2-5,11H,6,10H2,1H3;2-6H,7H2,1H3. The minimum absolute atomic E-state index is 0.111. The van der Waals surface area contributed by atoms with E-state index in [2.05, 4.69) is 14.3 Å². The molecule has 0 bridgehead atoms. The molecule has 2 rings (SSSR count). The maximum atomic E-state index is 10.7. The first-order valence-electron chi connectivity index (χ1n) is 7.50. The highest BCUT2D eigenvalue weighted by Gasteiger charge is 2.02. The van der Waals surface area contributed by atoms with Crippen molar-refractivity contribution in [3.8, 4) is 5.75 Å². The van der Waals surface area contributed by atoms with E-state index in [0.717, 1.165) is 17.4 Å². The van der Waals surface area contributed by atoms with Crippen molar-refractivity contribution < 1.29 is 26.9 Å². The van der Waals surface area contributed by atoms with E-state index < -0.39 is 16.3 Å². The number of nitrogens with two attached hydrogens (primary N) is 1. The molecule has 142 valence electrons. The van der Waals surface area contributed by atoms with Gasteiger partial charge in [0, 0.05) is 6.54 Å². The molecule has 8 nitrogen and oxygen atoms in total. The number of rotatable bonds is 6. The average molecular weight is 382 g/mol. The zero-order valence-electron chi connectivity index (χ0n) is 14.5. The minimum Gasteiger partial charge on any atom is -0.437 e. The normalized spacial score (nSPS) is 10.4. The highest BCUT2D eigenvalue weighted by Crippen LogP contribution is 2.12. The molecule has 0 heterocycles. The highest BCUT2D eigenvalue weighted by molar-refractivity contribution is 7.85. The van der Waals surface area contributed by atoms with Gasteiger partial charge in [-0.1, -0.05) is 42.5 Å². The molecule has 0 aliphatic heterocycles. The topological polar surface area (TPSA) is 117 Å². The van der Waals surface area contributed by atoms with E-state index in [9.17, 15) is 13.2 Å². The lowest BCUT2D eigenvalue weighted by molar-refractivity contribution is 0.121. The highest BCUT2D eigenvalue weighted by atomic mass is 32.2. The minimum atomic E-state index is -3.32. The van der Waals surface area contributed by atoms with Crippen LogP contribution in [0.5, 0.6) is 5.75 Å². The Bertz CT molecular complexity index is 764. The molecule has 0 amide bonds. The van der Waals surface area contributed by atoms with E-state index in [-0.39, 0.29) is 6.61 Å². The summed E-state index contributed by atoms with van der Waals surface area (Å²) in [6.07, 6.45) is 0.311. The Morgan fingerprint density at radius 3 is 2.15 bits per heavy atom. The Hall–Kier alpha value is -2.46. The third kappa shape index (κ3) is 9.74. The predicted molar refractivity (Wildman–Crippen MR) is 96.6 cm³/mol. The third-order valence-electron chi connectivity index (χ3n) is 2.88. The lowest BCUT2D eigenvalue weighted by atomic mass is 10.2. The number of methoxy groups -OCH3 is 1. The van der Waals surface area contributed by atoms with Crippen molar-refractivity contribution in [2.75, 3.05) is 13.4 Å². The van der Waals surface area contributed by atoms with Gasteiger partial charge in [-0.05, 0) is 23.3 Å². The maximum absolute atomic E-state index is 10.7. The van der Waals surface area contributed by atoms with Crippen LogP contribution in [-0.2, 0) is 32.2 Å². The van der Waals surface area contributed by atoms with Crippen LogP contribution >= 0.6 is 0 Å². The van der Waals surface area contributed by atoms with E-state index in [1.54, 1.807) is 24.3 Å². The smallest absolute Gasteiger partial charge is 0.437 e. The number of benzene rings is 2. The van der Waals surface area contributed by atoms with Crippen LogP contribution < -0.4 is 16.0 Å². The summed E-state index contributed by atoms with van der Waals surface area (Å²) in [7, 11) is -2.06. The van der Waals surface area contributed by atoms with E-state index in [1.165, 1.54) is 7.11 Å². The molecule has 0 fully saturated rings. The monoisotopic (exact) mass is 382 g/mol. The van der Waals surface area contributed by atoms with Crippen LogP contribution in [0.25, 0.3) is 0 Å². The van der Waals surface area contributed by atoms with Gasteiger partial charge in [-0.3, -0.25) is 15.5 Å². The zero-order chi connectivity index (χ0) is 19.4. The van der Waals surface area contributed by atoms with Crippen LogP contribution in [0.15, 0.2) is 54.6 Å². The van der Waals surface area contributed by atoms with Crippen LogP contribution in [0.4, 0.5) is 4.79 Å². The second-order valence-electron chi connectivity index (χ2n) is 5.03. The molecule has 0 saturated heterocycles. The summed E-state index contributed by atoms with van der Waals surface area (Å²) in [5.74, 6) is 5.59. The first-order valence-corrected chi connectivity index (χ1v) is 9.32. The summed E-state index contributed by atoms with van der Waals surface area (Å²) in [5.41, 5.74) is 4.38. The fraction of sp³-hybridized carbons (Fsp3) is 0.235. The molecule has 0 unspecified atom stereocenters. The van der Waals surface area contributed by atoms with Gasteiger partial charge in [0.15, 0.2) is 0 Å². The van der Waals surface area contributed by atoms with Gasteiger partial charge in [-0.2, -0.15) is 8.42 Å². The molecule has 0 aliphatic carbocycles. The van der Waals surface area contributed by atoms with Gasteiger partial charge < -0.3 is 9.47 Å². The summed E-state index contributed by atoms with van der Waals surface area (Å²) >= 11 is 0. The number of ether oxygens (including phenoxy) is 2. The molecular weight excluding hydrogens is 360 g/mol. The fourth-order valence-electron chi connectivity index (χ4n) is 1.68. The van der Waals surface area contributed by atoms with E-state index in [0.29, 0.717) is 12.3 Å². The van der Waals surface area contributed by atoms with Gasteiger partial charge >= 0.3 is 6.16 Å². The Kier molecular flexibility index (Phi) is 9.31. The molecule has 3 N–H and O–H groups in total. The second-order valence-corrected chi connectivity index (χ2v) is 6.68. The van der Waals surface area contributed by atoms with Gasteiger partial charge in [0.05, 0.1) is 20.0 Å². The zero-order valence-corrected chi connectivity index (χ0v) is 15.4. The first kappa shape index (κ1) is 21.6. The summed E-state index contributed by atoms with van der Waals surface area (Å²) < 4.78 is 34.9. The molecule has 9 heteroatoms. The van der Waals surface area contributed by atoms with Crippen LogP contribution in [0.2, 0.25) is 0 Å². The molecule has 0 radical (unpaired) electrons. The molecular formula is C17H22N2O6S. The number of nitrogens with one attached hydrogen (secondary N) is 1. The third-order valence-corrected chi connectivity index (χ3v) is 3.43. The molecule has 0 aliphatic rings. The fourth-order valence-corrected chi connectivity index (χ4v) is 2.03. The summed E-state index contributed by atoms with van der Waals surface area (Å²) in [5, 5.41) is 0. The number of hydrogen-bond donors (Lipinski definition) is 2. The van der Waals surface area contributed by atoms with Gasteiger partial charge in [0.25, 0.3) is 10.1 Å². The largest absolute Gasteiger partial charge is 0.513 e. The summed E-state index contributed by atoms with van der Waals surface area (Å²) in [6.45, 7) is 0.679.